The van der Waals surface area contributed by atoms with Crippen LogP contribution in [0, 0.1) is 0 Å². The Kier molecular flexibility index (Phi) is 3.83. The molecule has 0 radical (unpaired) electrons. The number of aromatic hydroxyl groups is 1. The van der Waals surface area contributed by atoms with Crippen molar-refractivity contribution in [2.24, 2.45) is 0 Å². The van der Waals surface area contributed by atoms with E-state index in [9.17, 15) is 5.11 Å². The van der Waals surface area contributed by atoms with Gasteiger partial charge in [0, 0.05) is 38.9 Å². The minimum Gasteiger partial charge on any atom is -0.508 e. The highest BCUT2D eigenvalue weighted by atomic mass is 16.3. The molecule has 20 heavy (non-hydrogen) atoms. The number of anilines is 1. The van der Waals surface area contributed by atoms with E-state index in [0.29, 0.717) is 5.75 Å². The van der Waals surface area contributed by atoms with Crippen LogP contribution in [-0.2, 0) is 6.54 Å². The fraction of sp³-hybridized carbons (Fsp3) is 0.312. The second-order valence-corrected chi connectivity index (χ2v) is 5.12. The van der Waals surface area contributed by atoms with E-state index in [1.807, 2.05) is 30.5 Å². The van der Waals surface area contributed by atoms with Crippen molar-refractivity contribution in [1.29, 1.82) is 0 Å². The van der Waals surface area contributed by atoms with Crippen molar-refractivity contribution in [3.05, 3.63) is 54.2 Å². The third kappa shape index (κ3) is 3.08. The number of hydrogen-bond donors (Lipinski definition) is 1. The number of rotatable bonds is 3. The molecule has 0 atom stereocenters. The lowest BCUT2D eigenvalue weighted by Gasteiger charge is -2.35. The van der Waals surface area contributed by atoms with Crippen LogP contribution in [-0.4, -0.2) is 41.2 Å². The van der Waals surface area contributed by atoms with Crippen molar-refractivity contribution in [1.82, 2.24) is 9.88 Å². The van der Waals surface area contributed by atoms with Crippen molar-refractivity contribution in [3.8, 4) is 5.75 Å². The maximum absolute atomic E-state index is 9.30. The summed E-state index contributed by atoms with van der Waals surface area (Å²) >= 11 is 0. The van der Waals surface area contributed by atoms with Crippen LogP contribution in [0.25, 0.3) is 0 Å². The van der Waals surface area contributed by atoms with E-state index in [4.69, 9.17) is 0 Å². The van der Waals surface area contributed by atoms with Crippen LogP contribution in [0.3, 0.4) is 0 Å². The Morgan fingerprint density at radius 3 is 2.35 bits per heavy atom. The molecule has 1 fully saturated rings. The fourth-order valence-corrected chi connectivity index (χ4v) is 2.54. The summed E-state index contributed by atoms with van der Waals surface area (Å²) in [5.41, 5.74) is 1.24. The van der Waals surface area contributed by atoms with Gasteiger partial charge in [-0.3, -0.25) is 4.90 Å². The van der Waals surface area contributed by atoms with Gasteiger partial charge in [-0.2, -0.15) is 0 Å². The average Bonchev–Trinajstić information content (AvgIpc) is 2.51. The summed E-state index contributed by atoms with van der Waals surface area (Å²) in [6.45, 7) is 5.04. The molecule has 1 aromatic heterocycles. The smallest absolute Gasteiger partial charge is 0.128 e. The number of nitrogens with zero attached hydrogens (tertiary/aromatic N) is 3. The second-order valence-electron chi connectivity index (χ2n) is 5.12. The molecule has 0 aliphatic carbocycles. The Bertz CT molecular complexity index is 533. The van der Waals surface area contributed by atoms with E-state index in [0.717, 1.165) is 38.5 Å². The van der Waals surface area contributed by atoms with Crippen LogP contribution in [0.4, 0.5) is 5.82 Å². The van der Waals surface area contributed by atoms with Gasteiger partial charge >= 0.3 is 0 Å². The first-order chi connectivity index (χ1) is 9.81. The van der Waals surface area contributed by atoms with E-state index >= 15 is 0 Å². The third-order valence-corrected chi connectivity index (χ3v) is 3.69. The maximum atomic E-state index is 9.30. The fourth-order valence-electron chi connectivity index (χ4n) is 2.54. The summed E-state index contributed by atoms with van der Waals surface area (Å²) in [5, 5.41) is 9.30. The van der Waals surface area contributed by atoms with Gasteiger partial charge in [0.25, 0.3) is 0 Å². The maximum Gasteiger partial charge on any atom is 0.128 e. The van der Waals surface area contributed by atoms with Crippen LogP contribution >= 0.6 is 0 Å². The Morgan fingerprint density at radius 2 is 1.70 bits per heavy atom. The van der Waals surface area contributed by atoms with Gasteiger partial charge in [-0.1, -0.05) is 18.2 Å². The highest BCUT2D eigenvalue weighted by molar-refractivity contribution is 5.38. The zero-order valence-corrected chi connectivity index (χ0v) is 11.4. The molecule has 0 unspecified atom stereocenters. The summed E-state index contributed by atoms with van der Waals surface area (Å²) in [7, 11) is 0. The minimum absolute atomic E-state index is 0.328. The Hall–Kier alpha value is -2.07. The number of phenols is 1. The Balaban J connectivity index is 1.55. The zero-order chi connectivity index (χ0) is 13.8. The molecule has 0 spiro atoms. The topological polar surface area (TPSA) is 39.6 Å². The van der Waals surface area contributed by atoms with E-state index < -0.39 is 0 Å². The number of benzene rings is 1. The molecule has 1 saturated heterocycles. The molecule has 2 heterocycles. The SMILES string of the molecule is Oc1ccc(CN2CCN(c3ccccn3)CC2)cc1. The van der Waals surface area contributed by atoms with Gasteiger partial charge in [0.2, 0.25) is 0 Å². The van der Waals surface area contributed by atoms with Gasteiger partial charge in [0.15, 0.2) is 0 Å². The monoisotopic (exact) mass is 269 g/mol. The molecule has 4 heteroatoms. The van der Waals surface area contributed by atoms with Crippen molar-refractivity contribution >= 4 is 5.82 Å². The van der Waals surface area contributed by atoms with Crippen molar-refractivity contribution in [3.63, 3.8) is 0 Å². The first kappa shape index (κ1) is 12.9. The summed E-state index contributed by atoms with van der Waals surface area (Å²) in [4.78, 5) is 9.16. The zero-order valence-electron chi connectivity index (χ0n) is 11.4. The molecule has 1 aliphatic heterocycles. The molecule has 1 N–H and O–H groups in total. The second kappa shape index (κ2) is 5.92. The first-order valence-corrected chi connectivity index (χ1v) is 6.97. The first-order valence-electron chi connectivity index (χ1n) is 6.97. The van der Waals surface area contributed by atoms with E-state index in [1.165, 1.54) is 5.56 Å². The quantitative estimate of drug-likeness (QED) is 0.926. The standard InChI is InChI=1S/C16H19N3O/c20-15-6-4-14(5-7-15)13-18-9-11-19(12-10-18)16-3-1-2-8-17-16/h1-8,20H,9-13H2. The Morgan fingerprint density at radius 1 is 0.950 bits per heavy atom. The summed E-state index contributed by atoms with van der Waals surface area (Å²) < 4.78 is 0. The van der Waals surface area contributed by atoms with Gasteiger partial charge in [-0.05, 0) is 29.8 Å². The van der Waals surface area contributed by atoms with Crippen molar-refractivity contribution < 1.29 is 5.11 Å². The molecule has 104 valence electrons. The summed E-state index contributed by atoms with van der Waals surface area (Å²) in [6, 6.07) is 13.5. The lowest BCUT2D eigenvalue weighted by Crippen LogP contribution is -2.46. The Labute approximate surface area is 119 Å². The lowest BCUT2D eigenvalue weighted by molar-refractivity contribution is 0.249. The van der Waals surface area contributed by atoms with Crippen LogP contribution in [0.5, 0.6) is 5.75 Å². The predicted octanol–water partition coefficient (Wildman–Crippen LogP) is 2.11. The number of pyridine rings is 1. The third-order valence-electron chi connectivity index (χ3n) is 3.69. The van der Waals surface area contributed by atoms with Gasteiger partial charge in [0.1, 0.15) is 11.6 Å². The van der Waals surface area contributed by atoms with E-state index in [1.54, 1.807) is 12.1 Å². The summed E-state index contributed by atoms with van der Waals surface area (Å²) in [5.74, 6) is 1.39. The van der Waals surface area contributed by atoms with Gasteiger partial charge in [-0.15, -0.1) is 0 Å². The van der Waals surface area contributed by atoms with E-state index in [-0.39, 0.29) is 0 Å². The van der Waals surface area contributed by atoms with E-state index in [2.05, 4.69) is 20.9 Å². The van der Waals surface area contributed by atoms with Crippen molar-refractivity contribution in [2.45, 2.75) is 6.54 Å². The van der Waals surface area contributed by atoms with Crippen LogP contribution in [0.1, 0.15) is 5.56 Å². The minimum atomic E-state index is 0.328. The summed E-state index contributed by atoms with van der Waals surface area (Å²) in [6.07, 6.45) is 1.85. The van der Waals surface area contributed by atoms with Crippen LogP contribution in [0.15, 0.2) is 48.7 Å². The average molecular weight is 269 g/mol. The molecular formula is C16H19N3O. The molecular weight excluding hydrogens is 250 g/mol. The highest BCUT2D eigenvalue weighted by Gasteiger charge is 2.17. The molecule has 1 aliphatic rings. The molecule has 0 amide bonds. The van der Waals surface area contributed by atoms with Crippen LogP contribution in [0.2, 0.25) is 0 Å². The van der Waals surface area contributed by atoms with Gasteiger partial charge in [0.05, 0.1) is 0 Å². The van der Waals surface area contributed by atoms with Gasteiger partial charge in [-0.25, -0.2) is 4.98 Å². The number of hydrogen-bond acceptors (Lipinski definition) is 4. The lowest BCUT2D eigenvalue weighted by atomic mass is 10.2. The molecule has 3 rings (SSSR count). The largest absolute Gasteiger partial charge is 0.508 e. The highest BCUT2D eigenvalue weighted by Crippen LogP contribution is 2.15. The molecule has 0 bridgehead atoms. The number of piperazine rings is 1. The predicted molar refractivity (Wildman–Crippen MR) is 79.8 cm³/mol. The normalized spacial score (nSPS) is 16.3. The van der Waals surface area contributed by atoms with Gasteiger partial charge < -0.3 is 10.0 Å². The number of phenolic OH excluding ortho intramolecular Hbond substituents is 1. The molecule has 4 nitrogen and oxygen atoms in total. The molecule has 0 saturated carbocycles. The molecule has 2 aromatic rings. The van der Waals surface area contributed by atoms with Crippen LogP contribution < -0.4 is 4.90 Å². The number of aromatic nitrogens is 1. The van der Waals surface area contributed by atoms with Crippen molar-refractivity contribution in [2.75, 3.05) is 31.1 Å². The molecule has 1 aromatic carbocycles.